The molecule has 0 aromatic heterocycles. The van der Waals surface area contributed by atoms with Crippen molar-refractivity contribution in [3.8, 4) is 0 Å². The summed E-state index contributed by atoms with van der Waals surface area (Å²) >= 11 is 0. The Kier molecular flexibility index (Phi) is 2.58. The van der Waals surface area contributed by atoms with Crippen LogP contribution in [0.5, 0.6) is 0 Å². The fourth-order valence-electron chi connectivity index (χ4n) is 2.40. The van der Waals surface area contributed by atoms with E-state index < -0.39 is 0 Å². The number of nitrogens with zero attached hydrogens (tertiary/aromatic N) is 1. The van der Waals surface area contributed by atoms with Crippen molar-refractivity contribution in [1.29, 1.82) is 0 Å². The number of rotatable bonds is 0. The van der Waals surface area contributed by atoms with Crippen LogP contribution in [-0.2, 0) is 0 Å². The summed E-state index contributed by atoms with van der Waals surface area (Å²) in [5, 5.41) is 0. The Bertz CT molecular complexity index is 125. The number of hydrogen-bond acceptors (Lipinski definition) is 1. The van der Waals surface area contributed by atoms with Gasteiger partial charge in [-0.05, 0) is 32.2 Å². The van der Waals surface area contributed by atoms with Gasteiger partial charge in [-0.3, -0.25) is 0 Å². The first-order chi connectivity index (χ1) is 5.23. The maximum atomic E-state index is 2.52. The predicted molar refractivity (Wildman–Crippen MR) is 49.7 cm³/mol. The minimum absolute atomic E-state index is 0.708. The maximum absolute atomic E-state index is 2.52. The standard InChI is InChI=1S/C8H15N.C2H6/c1-7-5-8(6-7)3-4-9(8)2;1-2/h7H,3-6H2,1-2H3;1-2H3. The van der Waals surface area contributed by atoms with Crippen LogP contribution in [-0.4, -0.2) is 24.0 Å². The van der Waals surface area contributed by atoms with Crippen LogP contribution in [0.25, 0.3) is 0 Å². The molecule has 2 fully saturated rings. The summed E-state index contributed by atoms with van der Waals surface area (Å²) < 4.78 is 0. The van der Waals surface area contributed by atoms with Gasteiger partial charge in [-0.2, -0.15) is 0 Å². The molecule has 0 bridgehead atoms. The van der Waals surface area contributed by atoms with E-state index in [0.29, 0.717) is 5.54 Å². The van der Waals surface area contributed by atoms with Crippen LogP contribution in [0, 0.1) is 5.92 Å². The van der Waals surface area contributed by atoms with Crippen LogP contribution in [0.3, 0.4) is 0 Å². The molecule has 1 saturated carbocycles. The van der Waals surface area contributed by atoms with Crippen molar-refractivity contribution < 1.29 is 0 Å². The lowest BCUT2D eigenvalue weighted by molar-refractivity contribution is -0.0822. The summed E-state index contributed by atoms with van der Waals surface area (Å²) in [5.74, 6) is 1.01. The molecular formula is C10H21N. The summed E-state index contributed by atoms with van der Waals surface area (Å²) in [6, 6.07) is 0. The van der Waals surface area contributed by atoms with Crippen molar-refractivity contribution in [2.24, 2.45) is 5.92 Å². The van der Waals surface area contributed by atoms with E-state index >= 15 is 0 Å². The molecule has 0 aromatic rings. The molecule has 0 N–H and O–H groups in total. The van der Waals surface area contributed by atoms with E-state index in [0.717, 1.165) is 5.92 Å². The zero-order valence-electron chi connectivity index (χ0n) is 8.35. The monoisotopic (exact) mass is 155 g/mol. The van der Waals surface area contributed by atoms with E-state index in [9.17, 15) is 0 Å². The van der Waals surface area contributed by atoms with Gasteiger partial charge in [0, 0.05) is 12.1 Å². The second kappa shape index (κ2) is 3.14. The minimum Gasteiger partial charge on any atom is -0.301 e. The molecule has 1 aliphatic heterocycles. The van der Waals surface area contributed by atoms with Gasteiger partial charge in [0.2, 0.25) is 0 Å². The van der Waals surface area contributed by atoms with Crippen LogP contribution in [0.1, 0.15) is 40.0 Å². The van der Waals surface area contributed by atoms with Gasteiger partial charge in [-0.1, -0.05) is 20.8 Å². The molecule has 0 radical (unpaired) electrons. The Balaban J connectivity index is 0.000000281. The fraction of sp³-hybridized carbons (Fsp3) is 1.00. The minimum atomic E-state index is 0.708. The normalized spacial score (nSPS) is 42.0. The highest BCUT2D eigenvalue weighted by Crippen LogP contribution is 2.49. The highest BCUT2D eigenvalue weighted by atomic mass is 15.2. The Morgan fingerprint density at radius 2 is 1.82 bits per heavy atom. The van der Waals surface area contributed by atoms with Gasteiger partial charge in [-0.25, -0.2) is 0 Å². The third-order valence-corrected chi connectivity index (χ3v) is 3.18. The summed E-state index contributed by atoms with van der Waals surface area (Å²) in [4.78, 5) is 2.52. The lowest BCUT2D eigenvalue weighted by Crippen LogP contribution is -2.64. The van der Waals surface area contributed by atoms with Gasteiger partial charge in [-0.15, -0.1) is 0 Å². The Labute approximate surface area is 70.8 Å². The summed E-state index contributed by atoms with van der Waals surface area (Å²) in [5.41, 5.74) is 0.708. The number of likely N-dealkylation sites (tertiary alicyclic amines) is 1. The average Bonchev–Trinajstić information content (AvgIpc) is 1.99. The quantitative estimate of drug-likeness (QED) is 0.519. The molecule has 0 unspecified atom stereocenters. The lowest BCUT2D eigenvalue weighted by atomic mass is 9.62. The molecule has 2 rings (SSSR count). The molecule has 2 aliphatic rings. The predicted octanol–water partition coefficient (Wildman–Crippen LogP) is 2.52. The van der Waals surface area contributed by atoms with Crippen molar-refractivity contribution in [3.63, 3.8) is 0 Å². The SMILES string of the molecule is CC.CC1CC2(CCN2C)C1. The van der Waals surface area contributed by atoms with Crippen LogP contribution < -0.4 is 0 Å². The summed E-state index contributed by atoms with van der Waals surface area (Å²) in [6.07, 6.45) is 4.39. The van der Waals surface area contributed by atoms with Crippen molar-refractivity contribution in [2.75, 3.05) is 13.6 Å². The molecule has 0 atom stereocenters. The highest BCUT2D eigenvalue weighted by molar-refractivity contribution is 5.06. The van der Waals surface area contributed by atoms with E-state index in [1.54, 1.807) is 0 Å². The molecule has 1 heterocycles. The van der Waals surface area contributed by atoms with Crippen molar-refractivity contribution in [3.05, 3.63) is 0 Å². The van der Waals surface area contributed by atoms with E-state index in [2.05, 4.69) is 18.9 Å². The fourth-order valence-corrected chi connectivity index (χ4v) is 2.40. The summed E-state index contributed by atoms with van der Waals surface area (Å²) in [6.45, 7) is 7.70. The second-order valence-corrected chi connectivity index (χ2v) is 3.91. The first-order valence-corrected chi connectivity index (χ1v) is 4.94. The molecule has 1 saturated heterocycles. The van der Waals surface area contributed by atoms with Gasteiger partial charge in [0.1, 0.15) is 0 Å². The summed E-state index contributed by atoms with van der Waals surface area (Å²) in [7, 11) is 2.26. The second-order valence-electron chi connectivity index (χ2n) is 3.91. The molecular weight excluding hydrogens is 134 g/mol. The number of hydrogen-bond donors (Lipinski definition) is 0. The molecule has 11 heavy (non-hydrogen) atoms. The van der Waals surface area contributed by atoms with Crippen LogP contribution in [0.2, 0.25) is 0 Å². The largest absolute Gasteiger partial charge is 0.301 e. The van der Waals surface area contributed by atoms with Crippen molar-refractivity contribution in [2.45, 2.75) is 45.6 Å². The highest BCUT2D eigenvalue weighted by Gasteiger charge is 2.50. The van der Waals surface area contributed by atoms with Gasteiger partial charge in [0.25, 0.3) is 0 Å². The van der Waals surface area contributed by atoms with Crippen LogP contribution >= 0.6 is 0 Å². The molecule has 1 spiro atoms. The molecule has 0 amide bonds. The topological polar surface area (TPSA) is 3.24 Å². The molecule has 1 heteroatoms. The maximum Gasteiger partial charge on any atom is 0.0223 e. The van der Waals surface area contributed by atoms with E-state index in [1.165, 1.54) is 25.8 Å². The van der Waals surface area contributed by atoms with Gasteiger partial charge in [0.05, 0.1) is 0 Å². The smallest absolute Gasteiger partial charge is 0.0223 e. The Hall–Kier alpha value is -0.0400. The zero-order chi connectivity index (χ0) is 8.48. The molecule has 1 nitrogen and oxygen atoms in total. The Morgan fingerprint density at radius 3 is 1.91 bits per heavy atom. The first kappa shape index (κ1) is 9.05. The first-order valence-electron chi connectivity index (χ1n) is 4.94. The third kappa shape index (κ3) is 1.31. The molecule has 1 aliphatic carbocycles. The van der Waals surface area contributed by atoms with Crippen LogP contribution in [0.15, 0.2) is 0 Å². The third-order valence-electron chi connectivity index (χ3n) is 3.18. The van der Waals surface area contributed by atoms with Gasteiger partial charge < -0.3 is 4.90 Å². The van der Waals surface area contributed by atoms with Gasteiger partial charge in [0.15, 0.2) is 0 Å². The van der Waals surface area contributed by atoms with Crippen molar-refractivity contribution >= 4 is 0 Å². The van der Waals surface area contributed by atoms with Gasteiger partial charge >= 0.3 is 0 Å². The van der Waals surface area contributed by atoms with Crippen LogP contribution in [0.4, 0.5) is 0 Å². The molecule has 0 aromatic carbocycles. The molecule has 66 valence electrons. The average molecular weight is 155 g/mol. The Morgan fingerprint density at radius 1 is 1.27 bits per heavy atom. The van der Waals surface area contributed by atoms with E-state index in [4.69, 9.17) is 0 Å². The zero-order valence-corrected chi connectivity index (χ0v) is 8.35. The lowest BCUT2D eigenvalue weighted by Gasteiger charge is -2.60. The van der Waals surface area contributed by atoms with E-state index in [-0.39, 0.29) is 0 Å². The van der Waals surface area contributed by atoms with Crippen molar-refractivity contribution in [1.82, 2.24) is 4.90 Å². The van der Waals surface area contributed by atoms with E-state index in [1.807, 2.05) is 13.8 Å².